The zero-order valence-corrected chi connectivity index (χ0v) is 22.9. The van der Waals surface area contributed by atoms with Gasteiger partial charge in [0, 0.05) is 27.0 Å². The minimum atomic E-state index is -0.616. The fourth-order valence-corrected chi connectivity index (χ4v) is 6.85. The lowest BCUT2D eigenvalue weighted by Gasteiger charge is -2.43. The highest BCUT2D eigenvalue weighted by molar-refractivity contribution is 9.10. The number of H-pyrrole nitrogens is 1. The highest BCUT2D eigenvalue weighted by Gasteiger charge is 2.49. The second-order valence-corrected chi connectivity index (χ2v) is 11.0. The average Bonchev–Trinajstić information content (AvgIpc) is 3.35. The van der Waals surface area contributed by atoms with Crippen molar-refractivity contribution in [2.45, 2.75) is 11.3 Å². The van der Waals surface area contributed by atoms with Gasteiger partial charge in [0.2, 0.25) is 0 Å². The van der Waals surface area contributed by atoms with Gasteiger partial charge in [-0.25, -0.2) is 0 Å². The van der Waals surface area contributed by atoms with E-state index in [2.05, 4.69) is 118 Å². The lowest BCUT2D eigenvalue weighted by molar-refractivity contribution is 0.414. The van der Waals surface area contributed by atoms with Gasteiger partial charge in [0.25, 0.3) is 0 Å². The normalized spacial score (nSPS) is 15.5. The number of phenols is 1. The van der Waals surface area contributed by atoms with E-state index in [0.29, 0.717) is 0 Å². The topological polar surface area (TPSA) is 45.2 Å². The van der Waals surface area contributed by atoms with Crippen LogP contribution in [0.4, 0.5) is 0 Å². The van der Waals surface area contributed by atoms with Gasteiger partial charge in [0.1, 0.15) is 11.5 Å². The summed E-state index contributed by atoms with van der Waals surface area (Å²) in [5, 5.41) is 12.0. The first-order valence-electron chi connectivity index (χ1n) is 13.0. The van der Waals surface area contributed by atoms with Crippen molar-refractivity contribution in [3.63, 3.8) is 0 Å². The fourth-order valence-electron chi connectivity index (χ4n) is 6.49. The van der Waals surface area contributed by atoms with Crippen molar-refractivity contribution >= 4 is 26.8 Å². The molecule has 0 aliphatic heterocycles. The molecule has 7 rings (SSSR count). The Bertz CT molecular complexity index is 1770. The molecular formula is C35H26BrNO2. The van der Waals surface area contributed by atoms with Crippen LogP contribution in [0.1, 0.15) is 45.0 Å². The summed E-state index contributed by atoms with van der Waals surface area (Å²) < 4.78 is 6.50. The molecule has 4 heteroatoms. The van der Waals surface area contributed by atoms with Crippen molar-refractivity contribution in [2.24, 2.45) is 0 Å². The molecule has 2 N–H and O–H groups in total. The largest absolute Gasteiger partial charge is 0.508 e. The minimum absolute atomic E-state index is 0.0940. The van der Waals surface area contributed by atoms with E-state index in [-0.39, 0.29) is 11.7 Å². The Morgan fingerprint density at radius 3 is 2.08 bits per heavy atom. The van der Waals surface area contributed by atoms with Crippen LogP contribution in [-0.4, -0.2) is 17.2 Å². The van der Waals surface area contributed by atoms with E-state index in [1.807, 2.05) is 24.3 Å². The molecule has 0 fully saturated rings. The van der Waals surface area contributed by atoms with E-state index < -0.39 is 5.41 Å². The Kier molecular flexibility index (Phi) is 5.60. The van der Waals surface area contributed by atoms with Gasteiger partial charge in [-0.15, -0.1) is 0 Å². The van der Waals surface area contributed by atoms with Gasteiger partial charge in [0.15, 0.2) is 0 Å². The number of hydrogen-bond donors (Lipinski definition) is 2. The number of methoxy groups -OCH3 is 1. The van der Waals surface area contributed by atoms with Crippen LogP contribution < -0.4 is 4.74 Å². The Hall–Kier alpha value is -4.28. The molecule has 1 atom stereocenters. The first-order chi connectivity index (χ1) is 19.1. The van der Waals surface area contributed by atoms with E-state index in [1.54, 1.807) is 7.11 Å². The maximum atomic E-state index is 10.9. The SMILES string of the molecule is COc1ccc(C2c3cc(O)ccc3C(c3ccccc3)(c3ccccc3)c3[nH]c4cc(Br)ccc4c32)cc1. The molecule has 0 bridgehead atoms. The lowest BCUT2D eigenvalue weighted by atomic mass is 9.59. The third-order valence-corrected chi connectivity index (χ3v) is 8.57. The monoisotopic (exact) mass is 571 g/mol. The maximum Gasteiger partial charge on any atom is 0.118 e. The standard InChI is InChI=1S/C35H26BrNO2/c1-39-27-16-12-22(13-17-27)32-29-21-26(38)15-19-30(29)35(23-8-4-2-5-9-23,24-10-6-3-7-11-24)34-33(32)28-18-14-25(36)20-31(28)37-34/h2-21,32,37-38H,1H3. The number of halogens is 1. The number of phenolic OH excluding ortho intramolecular Hbond substituents is 1. The molecule has 0 amide bonds. The van der Waals surface area contributed by atoms with Gasteiger partial charge in [0.05, 0.1) is 12.5 Å². The Morgan fingerprint density at radius 2 is 1.44 bits per heavy atom. The predicted molar refractivity (Wildman–Crippen MR) is 160 cm³/mol. The quantitative estimate of drug-likeness (QED) is 0.222. The van der Waals surface area contributed by atoms with Crippen molar-refractivity contribution in [3.8, 4) is 11.5 Å². The first-order valence-corrected chi connectivity index (χ1v) is 13.8. The number of aromatic amines is 1. The minimum Gasteiger partial charge on any atom is -0.508 e. The number of ether oxygens (including phenoxy) is 1. The number of nitrogens with one attached hydrogen (secondary N) is 1. The van der Waals surface area contributed by atoms with Gasteiger partial charge in [-0.1, -0.05) is 101 Å². The highest BCUT2D eigenvalue weighted by atomic mass is 79.9. The zero-order chi connectivity index (χ0) is 26.6. The third kappa shape index (κ3) is 3.55. The molecule has 6 aromatic rings. The molecule has 5 aromatic carbocycles. The van der Waals surface area contributed by atoms with E-state index in [0.717, 1.165) is 38.1 Å². The van der Waals surface area contributed by atoms with Crippen molar-refractivity contribution < 1.29 is 9.84 Å². The number of aromatic nitrogens is 1. The smallest absolute Gasteiger partial charge is 0.118 e. The van der Waals surface area contributed by atoms with Crippen LogP contribution in [0.3, 0.4) is 0 Å². The van der Waals surface area contributed by atoms with Gasteiger partial charge < -0.3 is 14.8 Å². The highest BCUT2D eigenvalue weighted by Crippen LogP contribution is 2.57. The Balaban J connectivity index is 1.68. The van der Waals surface area contributed by atoms with Crippen molar-refractivity contribution in [2.75, 3.05) is 7.11 Å². The number of rotatable bonds is 4. The second kappa shape index (κ2) is 9.18. The summed E-state index contributed by atoms with van der Waals surface area (Å²) in [6, 6.07) is 42.0. The van der Waals surface area contributed by atoms with Gasteiger partial charge in [-0.3, -0.25) is 0 Å². The number of aromatic hydroxyl groups is 1. The van der Waals surface area contributed by atoms with Crippen LogP contribution in [0.2, 0.25) is 0 Å². The molecule has 1 aliphatic carbocycles. The van der Waals surface area contributed by atoms with Crippen LogP contribution in [0.25, 0.3) is 10.9 Å². The molecule has 1 aliphatic rings. The summed E-state index contributed by atoms with van der Waals surface area (Å²) in [7, 11) is 1.69. The van der Waals surface area contributed by atoms with E-state index in [9.17, 15) is 5.11 Å². The molecule has 39 heavy (non-hydrogen) atoms. The Morgan fingerprint density at radius 1 is 0.769 bits per heavy atom. The summed E-state index contributed by atoms with van der Waals surface area (Å²) in [6.07, 6.45) is 0. The molecule has 0 saturated heterocycles. The van der Waals surface area contributed by atoms with Gasteiger partial charge >= 0.3 is 0 Å². The molecule has 1 heterocycles. The second-order valence-electron chi connectivity index (χ2n) is 10.1. The van der Waals surface area contributed by atoms with Crippen LogP contribution >= 0.6 is 15.9 Å². The molecule has 0 radical (unpaired) electrons. The van der Waals surface area contributed by atoms with Crippen LogP contribution in [0, 0.1) is 0 Å². The Labute approximate surface area is 235 Å². The third-order valence-electron chi connectivity index (χ3n) is 8.08. The summed E-state index contributed by atoms with van der Waals surface area (Å²) in [5.41, 5.74) is 8.53. The zero-order valence-electron chi connectivity index (χ0n) is 21.4. The summed E-state index contributed by atoms with van der Waals surface area (Å²) in [6.45, 7) is 0. The van der Waals surface area contributed by atoms with Crippen molar-refractivity contribution in [3.05, 3.63) is 165 Å². The fraction of sp³-hybridized carbons (Fsp3) is 0.0857. The van der Waals surface area contributed by atoms with Crippen LogP contribution in [0.15, 0.2) is 126 Å². The molecule has 3 nitrogen and oxygen atoms in total. The number of fused-ring (bicyclic) bond motifs is 4. The summed E-state index contributed by atoms with van der Waals surface area (Å²) in [5.74, 6) is 0.980. The van der Waals surface area contributed by atoms with Crippen molar-refractivity contribution in [1.29, 1.82) is 0 Å². The molecule has 1 aromatic heterocycles. The van der Waals surface area contributed by atoms with Crippen LogP contribution in [-0.2, 0) is 5.41 Å². The summed E-state index contributed by atoms with van der Waals surface area (Å²) >= 11 is 3.69. The molecule has 190 valence electrons. The predicted octanol–water partition coefficient (Wildman–Crippen LogP) is 8.52. The molecule has 0 spiro atoms. The van der Waals surface area contributed by atoms with Crippen molar-refractivity contribution in [1.82, 2.24) is 4.98 Å². The van der Waals surface area contributed by atoms with E-state index in [1.165, 1.54) is 22.1 Å². The lowest BCUT2D eigenvalue weighted by Crippen LogP contribution is -2.37. The van der Waals surface area contributed by atoms with E-state index >= 15 is 0 Å². The molecular weight excluding hydrogens is 546 g/mol. The molecule has 0 saturated carbocycles. The van der Waals surface area contributed by atoms with E-state index in [4.69, 9.17) is 4.74 Å². The molecule has 1 unspecified atom stereocenters. The first kappa shape index (κ1) is 23.8. The van der Waals surface area contributed by atoms with Crippen LogP contribution in [0.5, 0.6) is 11.5 Å². The number of hydrogen-bond acceptors (Lipinski definition) is 2. The number of benzene rings is 5. The average molecular weight is 573 g/mol. The maximum absolute atomic E-state index is 10.9. The van der Waals surface area contributed by atoms with Gasteiger partial charge in [-0.05, 0) is 69.8 Å². The van der Waals surface area contributed by atoms with Gasteiger partial charge in [-0.2, -0.15) is 0 Å². The summed E-state index contributed by atoms with van der Waals surface area (Å²) in [4.78, 5) is 3.91.